The van der Waals surface area contributed by atoms with Gasteiger partial charge < -0.3 is 21.3 Å². The Kier molecular flexibility index (Phi) is 6.91. The largest absolute Gasteiger partial charge is 0.405 e. The summed E-state index contributed by atoms with van der Waals surface area (Å²) in [6, 6.07) is 9.22. The molecule has 1 saturated carbocycles. The van der Waals surface area contributed by atoms with E-state index in [0.29, 0.717) is 24.2 Å². The second kappa shape index (κ2) is 10.1. The number of aromatic nitrogens is 3. The normalized spacial score (nSPS) is 17.2. The number of anilines is 4. The molecule has 3 aromatic rings. The van der Waals surface area contributed by atoms with Crippen molar-refractivity contribution in [2.75, 3.05) is 30.4 Å². The molecular formula is C27H29F4N7O. The number of rotatable bonds is 8. The van der Waals surface area contributed by atoms with Gasteiger partial charge in [-0.1, -0.05) is 6.07 Å². The van der Waals surface area contributed by atoms with Crippen molar-refractivity contribution < 1.29 is 22.4 Å². The van der Waals surface area contributed by atoms with Crippen molar-refractivity contribution in [2.45, 2.75) is 50.2 Å². The highest BCUT2D eigenvalue weighted by atomic mass is 19.4. The summed E-state index contributed by atoms with van der Waals surface area (Å²) in [5.41, 5.74) is 3.19. The smallest absolute Gasteiger partial charge is 0.343 e. The van der Waals surface area contributed by atoms with E-state index < -0.39 is 30.7 Å². The molecule has 1 amide bonds. The topological polar surface area (TPSA) is 104 Å². The third-order valence-electron chi connectivity index (χ3n) is 7.15. The average Bonchev–Trinajstić information content (AvgIpc) is 3.68. The summed E-state index contributed by atoms with van der Waals surface area (Å²) in [6.07, 6.45) is 0.320. The van der Waals surface area contributed by atoms with Gasteiger partial charge >= 0.3 is 6.18 Å². The zero-order valence-electron chi connectivity index (χ0n) is 21.5. The zero-order valence-corrected chi connectivity index (χ0v) is 21.5. The van der Waals surface area contributed by atoms with Gasteiger partial charge in [0.2, 0.25) is 5.95 Å². The summed E-state index contributed by atoms with van der Waals surface area (Å²) < 4.78 is 51.8. The molecular weight excluding hydrogens is 514 g/mol. The molecule has 206 valence electrons. The second-order valence-electron chi connectivity index (χ2n) is 10.5. The van der Waals surface area contributed by atoms with E-state index in [4.69, 9.17) is 0 Å². The molecule has 1 aromatic carbocycles. The lowest BCUT2D eigenvalue weighted by atomic mass is 9.85. The van der Waals surface area contributed by atoms with Gasteiger partial charge in [0.05, 0.1) is 5.69 Å². The predicted octanol–water partition coefficient (Wildman–Crippen LogP) is 5.03. The van der Waals surface area contributed by atoms with Gasteiger partial charge in [0.1, 0.15) is 24.6 Å². The molecule has 0 spiro atoms. The molecule has 39 heavy (non-hydrogen) atoms. The van der Waals surface area contributed by atoms with E-state index in [1.807, 2.05) is 23.5 Å². The van der Waals surface area contributed by atoms with Crippen molar-refractivity contribution in [2.24, 2.45) is 0 Å². The zero-order chi connectivity index (χ0) is 27.8. The Hall–Kier alpha value is -3.80. The van der Waals surface area contributed by atoms with Crippen molar-refractivity contribution in [1.29, 1.82) is 0 Å². The van der Waals surface area contributed by atoms with Crippen LogP contribution < -0.4 is 21.3 Å². The Labute approximate surface area is 223 Å². The van der Waals surface area contributed by atoms with E-state index in [0.717, 1.165) is 18.7 Å². The van der Waals surface area contributed by atoms with Crippen LogP contribution in [0.15, 0.2) is 42.7 Å². The van der Waals surface area contributed by atoms with Crippen molar-refractivity contribution >= 4 is 29.0 Å². The number of pyridine rings is 1. The molecule has 0 saturated heterocycles. The van der Waals surface area contributed by atoms with Gasteiger partial charge in [0.15, 0.2) is 0 Å². The van der Waals surface area contributed by atoms with Crippen LogP contribution in [0.4, 0.5) is 40.7 Å². The van der Waals surface area contributed by atoms with Crippen LogP contribution >= 0.6 is 0 Å². The number of hydrogen-bond donors (Lipinski definition) is 4. The Balaban J connectivity index is 1.44. The number of nitrogens with one attached hydrogen (secondary N) is 4. The fraction of sp³-hybridized carbons (Fsp3) is 0.407. The average molecular weight is 544 g/mol. The van der Waals surface area contributed by atoms with Gasteiger partial charge in [-0.05, 0) is 75.0 Å². The standard InChI is InChI=1S/C27H29F4N7O/c1-25(2)20-4-3-17(11-16(20)5-10-35-25)37-24-33-13-19(23(39)34-15-27(29,30)31)22(38-24)36-18-6-9-32-21(12-18)26(14-28)7-8-26/h3-4,6,9,11-13,35H,5,7-8,10,14-15H2,1-2H3,(H,34,39)(H2,32,33,36,37,38). The van der Waals surface area contributed by atoms with Gasteiger partial charge in [-0.25, -0.2) is 4.98 Å². The Morgan fingerprint density at radius 1 is 1.08 bits per heavy atom. The molecule has 2 aromatic heterocycles. The number of amides is 1. The first-order valence-electron chi connectivity index (χ1n) is 12.7. The SMILES string of the molecule is CC1(C)NCCc2cc(Nc3ncc(C(=O)NCC(F)(F)F)c(Nc4ccnc(C5(CF)CC5)c4)n3)ccc21. The number of fused-ring (bicyclic) bond motifs is 1. The van der Waals surface area contributed by atoms with E-state index in [9.17, 15) is 22.4 Å². The summed E-state index contributed by atoms with van der Waals surface area (Å²) in [5.74, 6) is -0.839. The van der Waals surface area contributed by atoms with Crippen molar-refractivity contribution in [1.82, 2.24) is 25.6 Å². The third kappa shape index (κ3) is 5.95. The van der Waals surface area contributed by atoms with Crippen molar-refractivity contribution in [3.05, 3.63) is 65.1 Å². The molecule has 1 fully saturated rings. The van der Waals surface area contributed by atoms with Gasteiger partial charge in [-0.2, -0.15) is 18.2 Å². The number of carbonyl (C=O) groups excluding carboxylic acids is 1. The molecule has 12 heteroatoms. The molecule has 1 aliphatic carbocycles. The number of nitrogens with zero attached hydrogens (tertiary/aromatic N) is 3. The first-order chi connectivity index (χ1) is 18.5. The number of alkyl halides is 4. The van der Waals surface area contributed by atoms with Gasteiger partial charge in [-0.15, -0.1) is 0 Å². The third-order valence-corrected chi connectivity index (χ3v) is 7.15. The van der Waals surface area contributed by atoms with Crippen LogP contribution in [0.2, 0.25) is 0 Å². The lowest BCUT2D eigenvalue weighted by Gasteiger charge is -2.34. The van der Waals surface area contributed by atoms with Crippen LogP contribution in [0.3, 0.4) is 0 Å². The number of carbonyl (C=O) groups is 1. The minimum Gasteiger partial charge on any atom is -0.343 e. The summed E-state index contributed by atoms with van der Waals surface area (Å²) in [6.45, 7) is 3.04. The van der Waals surface area contributed by atoms with Gasteiger partial charge in [0, 0.05) is 34.7 Å². The Bertz CT molecular complexity index is 1390. The first-order valence-corrected chi connectivity index (χ1v) is 12.7. The first kappa shape index (κ1) is 26.8. The van der Waals surface area contributed by atoms with E-state index in [-0.39, 0.29) is 22.9 Å². The van der Waals surface area contributed by atoms with E-state index in [1.165, 1.54) is 23.5 Å². The summed E-state index contributed by atoms with van der Waals surface area (Å²) in [4.78, 5) is 25.5. The number of hydrogen-bond acceptors (Lipinski definition) is 7. The van der Waals surface area contributed by atoms with Crippen LogP contribution in [-0.4, -0.2) is 46.8 Å². The molecule has 0 bridgehead atoms. The highest BCUT2D eigenvalue weighted by Crippen LogP contribution is 2.48. The maximum Gasteiger partial charge on any atom is 0.405 e. The van der Waals surface area contributed by atoms with Crippen LogP contribution in [0.1, 0.15) is 53.9 Å². The Morgan fingerprint density at radius 2 is 1.85 bits per heavy atom. The van der Waals surface area contributed by atoms with Crippen molar-refractivity contribution in [3.8, 4) is 0 Å². The Morgan fingerprint density at radius 3 is 2.56 bits per heavy atom. The second-order valence-corrected chi connectivity index (χ2v) is 10.5. The number of benzene rings is 1. The van der Waals surface area contributed by atoms with Crippen molar-refractivity contribution in [3.63, 3.8) is 0 Å². The maximum atomic E-state index is 13.6. The quantitative estimate of drug-likeness (QED) is 0.296. The summed E-state index contributed by atoms with van der Waals surface area (Å²) >= 11 is 0. The van der Waals surface area contributed by atoms with E-state index in [2.05, 4.69) is 44.7 Å². The minimum atomic E-state index is -4.58. The van der Waals surface area contributed by atoms with Crippen LogP contribution in [-0.2, 0) is 17.4 Å². The maximum absolute atomic E-state index is 13.6. The van der Waals surface area contributed by atoms with Crippen LogP contribution in [0.25, 0.3) is 0 Å². The van der Waals surface area contributed by atoms with Gasteiger partial charge in [0.25, 0.3) is 5.91 Å². The molecule has 0 atom stereocenters. The fourth-order valence-corrected chi connectivity index (χ4v) is 4.75. The minimum absolute atomic E-state index is 0.00212. The molecule has 5 rings (SSSR count). The summed E-state index contributed by atoms with van der Waals surface area (Å²) in [5, 5.41) is 11.5. The molecule has 3 heterocycles. The molecule has 4 N–H and O–H groups in total. The van der Waals surface area contributed by atoms with E-state index >= 15 is 0 Å². The molecule has 0 radical (unpaired) electrons. The molecule has 8 nitrogen and oxygen atoms in total. The van der Waals surface area contributed by atoms with Crippen LogP contribution in [0.5, 0.6) is 0 Å². The van der Waals surface area contributed by atoms with Gasteiger partial charge in [-0.3, -0.25) is 14.2 Å². The molecule has 2 aliphatic rings. The predicted molar refractivity (Wildman–Crippen MR) is 139 cm³/mol. The fourth-order valence-electron chi connectivity index (χ4n) is 4.75. The van der Waals surface area contributed by atoms with E-state index in [1.54, 1.807) is 12.1 Å². The summed E-state index contributed by atoms with van der Waals surface area (Å²) in [7, 11) is 0. The lowest BCUT2D eigenvalue weighted by Crippen LogP contribution is -2.42. The highest BCUT2D eigenvalue weighted by molar-refractivity contribution is 5.99. The number of halogens is 4. The lowest BCUT2D eigenvalue weighted by molar-refractivity contribution is -0.123. The molecule has 0 unspecified atom stereocenters. The highest BCUT2D eigenvalue weighted by Gasteiger charge is 2.46. The van der Waals surface area contributed by atoms with Crippen LogP contribution in [0, 0.1) is 0 Å². The molecule has 1 aliphatic heterocycles. The monoisotopic (exact) mass is 543 g/mol.